The molecule has 2 aliphatic heterocycles. The number of carbonyl (C=O) groups excluding carboxylic acids is 1. The van der Waals surface area contributed by atoms with Crippen LogP contribution in [0.2, 0.25) is 0 Å². The van der Waals surface area contributed by atoms with E-state index >= 15 is 0 Å². The third-order valence-corrected chi connectivity index (χ3v) is 4.38. The minimum Gasteiger partial charge on any atom is -0.373 e. The first kappa shape index (κ1) is 15.0. The highest BCUT2D eigenvalue weighted by molar-refractivity contribution is 5.73. The molecule has 2 fully saturated rings. The molecule has 3 rings (SSSR count). The molecule has 2 amide bonds. The average Bonchev–Trinajstić information content (AvgIpc) is 2.91. The Morgan fingerprint density at radius 2 is 2.23 bits per heavy atom. The number of aromatic nitrogens is 2. The van der Waals surface area contributed by atoms with Gasteiger partial charge in [-0.05, 0) is 25.3 Å². The van der Waals surface area contributed by atoms with Gasteiger partial charge in [0.25, 0.3) is 0 Å². The number of amides is 2. The molecular weight excluding hydrogens is 282 g/mol. The van der Waals surface area contributed by atoms with E-state index in [0.29, 0.717) is 6.61 Å². The van der Waals surface area contributed by atoms with Gasteiger partial charge >= 0.3 is 6.03 Å². The highest BCUT2D eigenvalue weighted by atomic mass is 16.5. The van der Waals surface area contributed by atoms with Crippen LogP contribution in [0, 0.1) is 0 Å². The number of ether oxygens (including phenoxy) is 1. The molecule has 1 aromatic rings. The zero-order valence-corrected chi connectivity index (χ0v) is 13.2. The molecule has 0 aromatic carbocycles. The van der Waals surface area contributed by atoms with E-state index < -0.39 is 0 Å². The van der Waals surface area contributed by atoms with Crippen molar-refractivity contribution in [3.63, 3.8) is 0 Å². The zero-order chi connectivity index (χ0) is 15.6. The Kier molecular flexibility index (Phi) is 4.15. The number of anilines is 1. The summed E-state index contributed by atoms with van der Waals surface area (Å²) in [5, 5.41) is 3.08. The molecule has 2 atom stereocenters. The molecule has 7 heteroatoms. The van der Waals surface area contributed by atoms with E-state index in [9.17, 15) is 4.79 Å². The number of urea groups is 1. The van der Waals surface area contributed by atoms with Crippen LogP contribution in [0.3, 0.4) is 0 Å². The van der Waals surface area contributed by atoms with Crippen molar-refractivity contribution in [3.05, 3.63) is 18.5 Å². The van der Waals surface area contributed by atoms with Gasteiger partial charge in [-0.1, -0.05) is 0 Å². The Labute approximate surface area is 130 Å². The largest absolute Gasteiger partial charge is 0.373 e. The molecule has 120 valence electrons. The number of nitrogens with one attached hydrogen (secondary N) is 1. The van der Waals surface area contributed by atoms with Crippen LogP contribution in [0.5, 0.6) is 0 Å². The summed E-state index contributed by atoms with van der Waals surface area (Å²) >= 11 is 0. The predicted molar refractivity (Wildman–Crippen MR) is 82.8 cm³/mol. The van der Waals surface area contributed by atoms with E-state index in [1.165, 1.54) is 0 Å². The number of hydrogen-bond acceptors (Lipinski definition) is 5. The normalized spacial score (nSPS) is 27.9. The number of hydrogen-bond donors (Lipinski definition) is 1. The molecule has 0 bridgehead atoms. The lowest BCUT2D eigenvalue weighted by Crippen LogP contribution is -2.51. The van der Waals surface area contributed by atoms with Gasteiger partial charge in [0.1, 0.15) is 0 Å². The molecule has 2 aliphatic rings. The second kappa shape index (κ2) is 6.08. The standard InChI is InChI=1S/C15H23N5O2/c1-19(2)14(21)18-12-4-9-22-15(10-12)5-8-20(11-15)13-16-6-3-7-17-13/h3,6-7,12H,4-5,8-11H2,1-2H3,(H,18,21)/t12-,15-/m0/s1. The molecule has 1 aromatic heterocycles. The van der Waals surface area contributed by atoms with Gasteiger partial charge in [-0.15, -0.1) is 0 Å². The van der Waals surface area contributed by atoms with Crippen LogP contribution >= 0.6 is 0 Å². The first-order valence-electron chi connectivity index (χ1n) is 7.72. The van der Waals surface area contributed by atoms with E-state index in [1.807, 2.05) is 6.07 Å². The van der Waals surface area contributed by atoms with Crippen LogP contribution in [0.1, 0.15) is 19.3 Å². The molecule has 1 spiro atoms. The summed E-state index contributed by atoms with van der Waals surface area (Å²) in [6, 6.07) is 1.95. The summed E-state index contributed by atoms with van der Waals surface area (Å²) in [6.45, 7) is 2.35. The maximum atomic E-state index is 11.8. The highest BCUT2D eigenvalue weighted by Gasteiger charge is 2.44. The van der Waals surface area contributed by atoms with Gasteiger partial charge in [0, 0.05) is 45.7 Å². The fourth-order valence-corrected chi connectivity index (χ4v) is 3.21. The number of rotatable bonds is 2. The van der Waals surface area contributed by atoms with Crippen molar-refractivity contribution < 1.29 is 9.53 Å². The molecule has 7 nitrogen and oxygen atoms in total. The molecule has 3 heterocycles. The van der Waals surface area contributed by atoms with Crippen molar-refractivity contribution >= 4 is 12.0 Å². The van der Waals surface area contributed by atoms with Crippen LogP contribution < -0.4 is 10.2 Å². The van der Waals surface area contributed by atoms with Gasteiger partial charge in [0.15, 0.2) is 0 Å². The first-order valence-corrected chi connectivity index (χ1v) is 7.72. The smallest absolute Gasteiger partial charge is 0.317 e. The van der Waals surface area contributed by atoms with E-state index in [2.05, 4.69) is 20.2 Å². The van der Waals surface area contributed by atoms with Crippen molar-refractivity contribution in [1.82, 2.24) is 20.2 Å². The molecule has 0 unspecified atom stereocenters. The van der Waals surface area contributed by atoms with Crippen molar-refractivity contribution in [1.29, 1.82) is 0 Å². The Morgan fingerprint density at radius 1 is 1.45 bits per heavy atom. The molecule has 0 aliphatic carbocycles. The second-order valence-electron chi connectivity index (χ2n) is 6.29. The van der Waals surface area contributed by atoms with Gasteiger partial charge in [-0.3, -0.25) is 0 Å². The minimum absolute atomic E-state index is 0.0386. The van der Waals surface area contributed by atoms with Crippen LogP contribution in [-0.2, 0) is 4.74 Å². The predicted octanol–water partition coefficient (Wildman–Crippen LogP) is 0.876. The first-order chi connectivity index (χ1) is 10.6. The van der Waals surface area contributed by atoms with Crippen LogP contribution in [0.25, 0.3) is 0 Å². The van der Waals surface area contributed by atoms with E-state index in [-0.39, 0.29) is 17.7 Å². The maximum Gasteiger partial charge on any atom is 0.317 e. The van der Waals surface area contributed by atoms with Crippen molar-refractivity contribution in [2.45, 2.75) is 30.9 Å². The number of carbonyl (C=O) groups is 1. The minimum atomic E-state index is -0.193. The van der Waals surface area contributed by atoms with Gasteiger partial charge in [-0.25, -0.2) is 14.8 Å². The monoisotopic (exact) mass is 305 g/mol. The molecule has 1 N–H and O–H groups in total. The Bertz CT molecular complexity index is 524. The van der Waals surface area contributed by atoms with Crippen LogP contribution in [0.15, 0.2) is 18.5 Å². The SMILES string of the molecule is CN(C)C(=O)N[C@H]1CCO[C@@]2(CCN(c3ncccn3)C2)C1. The lowest BCUT2D eigenvalue weighted by atomic mass is 9.89. The maximum absolute atomic E-state index is 11.8. The van der Waals surface area contributed by atoms with E-state index in [1.54, 1.807) is 31.4 Å². The quantitative estimate of drug-likeness (QED) is 0.878. The summed E-state index contributed by atoms with van der Waals surface area (Å²) in [7, 11) is 3.52. The van der Waals surface area contributed by atoms with Gasteiger partial charge in [0.2, 0.25) is 5.95 Å². The van der Waals surface area contributed by atoms with Gasteiger partial charge < -0.3 is 19.9 Å². The summed E-state index contributed by atoms with van der Waals surface area (Å²) in [4.78, 5) is 24.2. The topological polar surface area (TPSA) is 70.6 Å². The van der Waals surface area contributed by atoms with Gasteiger partial charge in [-0.2, -0.15) is 0 Å². The van der Waals surface area contributed by atoms with E-state index in [4.69, 9.17) is 4.74 Å². The fraction of sp³-hybridized carbons (Fsp3) is 0.667. The van der Waals surface area contributed by atoms with Crippen LogP contribution in [0.4, 0.5) is 10.7 Å². The Balaban J connectivity index is 1.63. The summed E-state index contributed by atoms with van der Waals surface area (Å²) in [5.74, 6) is 0.752. The number of nitrogens with zero attached hydrogens (tertiary/aromatic N) is 4. The average molecular weight is 305 g/mol. The van der Waals surface area contributed by atoms with Crippen molar-refractivity contribution in [2.75, 3.05) is 38.7 Å². The second-order valence-corrected chi connectivity index (χ2v) is 6.29. The fourth-order valence-electron chi connectivity index (χ4n) is 3.21. The zero-order valence-electron chi connectivity index (χ0n) is 13.2. The van der Waals surface area contributed by atoms with Crippen molar-refractivity contribution in [3.8, 4) is 0 Å². The highest BCUT2D eigenvalue weighted by Crippen LogP contribution is 2.35. The van der Waals surface area contributed by atoms with Crippen molar-refractivity contribution in [2.24, 2.45) is 0 Å². The van der Waals surface area contributed by atoms with Crippen LogP contribution in [-0.4, -0.2) is 66.3 Å². The Morgan fingerprint density at radius 3 is 2.95 bits per heavy atom. The third kappa shape index (κ3) is 3.14. The molecular formula is C15H23N5O2. The Hall–Kier alpha value is -1.89. The molecule has 0 radical (unpaired) electrons. The third-order valence-electron chi connectivity index (χ3n) is 4.38. The summed E-state index contributed by atoms with van der Waals surface area (Å²) < 4.78 is 6.09. The molecule has 2 saturated heterocycles. The lowest BCUT2D eigenvalue weighted by Gasteiger charge is -2.38. The summed E-state index contributed by atoms with van der Waals surface area (Å²) in [5.41, 5.74) is -0.193. The summed E-state index contributed by atoms with van der Waals surface area (Å²) in [6.07, 6.45) is 6.17. The van der Waals surface area contributed by atoms with Gasteiger partial charge in [0.05, 0.1) is 12.1 Å². The van der Waals surface area contributed by atoms with E-state index in [0.717, 1.165) is 38.3 Å². The molecule has 22 heavy (non-hydrogen) atoms. The molecule has 0 saturated carbocycles. The lowest BCUT2D eigenvalue weighted by molar-refractivity contribution is -0.0720.